The van der Waals surface area contributed by atoms with E-state index in [2.05, 4.69) is 4.98 Å². The molecule has 5 nitrogen and oxygen atoms in total. The van der Waals surface area contributed by atoms with Gasteiger partial charge in [-0.25, -0.2) is 0 Å². The minimum Gasteiger partial charge on any atom is -0.495 e. The van der Waals surface area contributed by atoms with Crippen molar-refractivity contribution in [3.05, 3.63) is 34.5 Å². The Bertz CT molecular complexity index is 748. The zero-order chi connectivity index (χ0) is 15.9. The van der Waals surface area contributed by atoms with Gasteiger partial charge in [-0.3, -0.25) is 9.78 Å². The zero-order valence-electron chi connectivity index (χ0n) is 12.7. The Balaban J connectivity index is 2.11. The van der Waals surface area contributed by atoms with Crippen molar-refractivity contribution >= 4 is 28.4 Å². The van der Waals surface area contributed by atoms with Gasteiger partial charge < -0.3 is 14.4 Å². The molecule has 0 fully saturated rings. The van der Waals surface area contributed by atoms with E-state index in [1.165, 1.54) is 7.11 Å². The third-order valence-electron chi connectivity index (χ3n) is 4.08. The van der Waals surface area contributed by atoms with Crippen molar-refractivity contribution in [1.82, 2.24) is 9.88 Å². The van der Waals surface area contributed by atoms with Crippen LogP contribution in [0.25, 0.3) is 10.9 Å². The lowest BCUT2D eigenvalue weighted by atomic mass is 10.0. The minimum atomic E-state index is -0.0333. The summed E-state index contributed by atoms with van der Waals surface area (Å²) in [6.45, 7) is 2.64. The highest BCUT2D eigenvalue weighted by Gasteiger charge is 2.32. The molecule has 6 heteroatoms. The van der Waals surface area contributed by atoms with Crippen LogP contribution < -0.4 is 4.74 Å². The van der Waals surface area contributed by atoms with Crippen LogP contribution in [0.4, 0.5) is 0 Å². The van der Waals surface area contributed by atoms with E-state index >= 15 is 0 Å². The third kappa shape index (κ3) is 2.30. The van der Waals surface area contributed by atoms with Gasteiger partial charge in [-0.1, -0.05) is 11.6 Å². The molecule has 0 radical (unpaired) electrons. The number of hydrogen-bond acceptors (Lipinski definition) is 4. The van der Waals surface area contributed by atoms with Crippen molar-refractivity contribution in [3.8, 4) is 5.75 Å². The first-order chi connectivity index (χ1) is 10.6. The fourth-order valence-corrected chi connectivity index (χ4v) is 3.25. The molecule has 1 aromatic heterocycles. The topological polar surface area (TPSA) is 51.7 Å². The molecule has 0 saturated heterocycles. The van der Waals surface area contributed by atoms with Crippen LogP contribution in [-0.2, 0) is 16.1 Å². The van der Waals surface area contributed by atoms with E-state index in [9.17, 15) is 4.79 Å². The maximum atomic E-state index is 12.2. The van der Waals surface area contributed by atoms with Crippen LogP contribution >= 0.6 is 11.6 Å². The summed E-state index contributed by atoms with van der Waals surface area (Å²) in [6, 6.07) is 3.65. The first-order valence-corrected chi connectivity index (χ1v) is 7.38. The lowest BCUT2D eigenvalue weighted by molar-refractivity contribution is -0.137. The van der Waals surface area contributed by atoms with Crippen LogP contribution in [0.3, 0.4) is 0 Å². The van der Waals surface area contributed by atoms with E-state index in [0.29, 0.717) is 17.3 Å². The molecule has 2 aromatic rings. The number of ether oxygens (including phenoxy) is 2. The highest BCUT2D eigenvalue weighted by molar-refractivity contribution is 6.32. The Morgan fingerprint density at radius 2 is 2.23 bits per heavy atom. The molecule has 0 spiro atoms. The maximum Gasteiger partial charge on any atom is 0.249 e. The van der Waals surface area contributed by atoms with Crippen molar-refractivity contribution in [2.75, 3.05) is 20.8 Å². The van der Waals surface area contributed by atoms with Gasteiger partial charge in [0.2, 0.25) is 5.91 Å². The molecule has 3 rings (SSSR count). The van der Waals surface area contributed by atoms with Gasteiger partial charge in [0, 0.05) is 25.2 Å². The van der Waals surface area contributed by atoms with E-state index in [-0.39, 0.29) is 18.6 Å². The molecule has 2 heterocycles. The van der Waals surface area contributed by atoms with Crippen molar-refractivity contribution in [2.45, 2.75) is 19.5 Å². The molecule has 0 bridgehead atoms. The van der Waals surface area contributed by atoms with Crippen molar-refractivity contribution < 1.29 is 14.3 Å². The lowest BCUT2D eigenvalue weighted by Gasteiger charge is -2.22. The second kappa shape index (κ2) is 5.74. The summed E-state index contributed by atoms with van der Waals surface area (Å²) in [7, 11) is 3.11. The Hall–Kier alpha value is -1.85. The Labute approximate surface area is 133 Å². The standard InChI is InChI=1S/C16H17ClN2O3/c1-9-16-10(7-19(9)15(20)8-21-2)6-18-13-5-12(17)14(22-3)4-11(13)16/h4-6,9H,7-8H2,1-3H3. The predicted octanol–water partition coefficient (Wildman–Crippen LogP) is 2.95. The summed E-state index contributed by atoms with van der Waals surface area (Å²) in [5, 5.41) is 1.50. The van der Waals surface area contributed by atoms with E-state index < -0.39 is 0 Å². The van der Waals surface area contributed by atoms with E-state index in [1.807, 2.05) is 19.2 Å². The first kappa shape index (κ1) is 15.1. The number of hydrogen-bond donors (Lipinski definition) is 0. The lowest BCUT2D eigenvalue weighted by Crippen LogP contribution is -2.31. The van der Waals surface area contributed by atoms with Gasteiger partial charge in [0.15, 0.2) is 0 Å². The minimum absolute atomic E-state index is 0.0275. The number of nitrogens with zero attached hydrogens (tertiary/aromatic N) is 2. The van der Waals surface area contributed by atoms with Crippen molar-refractivity contribution in [2.24, 2.45) is 0 Å². The molecule has 1 aromatic carbocycles. The monoisotopic (exact) mass is 320 g/mol. The van der Waals surface area contributed by atoms with Crippen molar-refractivity contribution in [3.63, 3.8) is 0 Å². The Morgan fingerprint density at radius 3 is 2.91 bits per heavy atom. The van der Waals surface area contributed by atoms with Gasteiger partial charge in [0.25, 0.3) is 0 Å². The van der Waals surface area contributed by atoms with Gasteiger partial charge in [-0.15, -0.1) is 0 Å². The highest BCUT2D eigenvalue weighted by Crippen LogP contribution is 2.40. The fraction of sp³-hybridized carbons (Fsp3) is 0.375. The van der Waals surface area contributed by atoms with Crippen LogP contribution in [-0.4, -0.2) is 36.6 Å². The van der Waals surface area contributed by atoms with E-state index in [4.69, 9.17) is 21.1 Å². The Morgan fingerprint density at radius 1 is 1.45 bits per heavy atom. The zero-order valence-corrected chi connectivity index (χ0v) is 13.5. The third-order valence-corrected chi connectivity index (χ3v) is 4.38. The molecule has 22 heavy (non-hydrogen) atoms. The summed E-state index contributed by atoms with van der Waals surface area (Å²) >= 11 is 6.16. The summed E-state index contributed by atoms with van der Waals surface area (Å²) in [4.78, 5) is 18.4. The largest absolute Gasteiger partial charge is 0.495 e. The normalized spacial score (nSPS) is 16.9. The van der Waals surface area contributed by atoms with Crippen LogP contribution in [0.5, 0.6) is 5.75 Å². The van der Waals surface area contributed by atoms with Gasteiger partial charge in [0.05, 0.1) is 23.7 Å². The molecule has 1 atom stereocenters. The molecule has 1 unspecified atom stereocenters. The number of halogens is 1. The van der Waals surface area contributed by atoms with E-state index in [1.54, 1.807) is 18.1 Å². The quantitative estimate of drug-likeness (QED) is 0.872. The SMILES string of the molecule is COCC(=O)N1Cc2cnc3cc(Cl)c(OC)cc3c2C1C. The predicted molar refractivity (Wildman–Crippen MR) is 84.1 cm³/mol. The second-order valence-electron chi connectivity index (χ2n) is 5.33. The van der Waals surface area contributed by atoms with Gasteiger partial charge in [-0.2, -0.15) is 0 Å². The number of methoxy groups -OCH3 is 2. The number of pyridine rings is 1. The van der Waals surface area contributed by atoms with Crippen LogP contribution in [0.15, 0.2) is 18.3 Å². The number of carbonyl (C=O) groups is 1. The molecule has 1 aliphatic rings. The van der Waals surface area contributed by atoms with Gasteiger partial charge in [0.1, 0.15) is 12.4 Å². The molecule has 116 valence electrons. The molecule has 0 aliphatic carbocycles. The average molecular weight is 321 g/mol. The number of rotatable bonds is 3. The summed E-state index contributed by atoms with van der Waals surface area (Å²) < 4.78 is 10.3. The molecule has 1 amide bonds. The average Bonchev–Trinajstić information content (AvgIpc) is 2.84. The number of benzene rings is 1. The highest BCUT2D eigenvalue weighted by atomic mass is 35.5. The summed E-state index contributed by atoms with van der Waals surface area (Å²) in [5.41, 5.74) is 2.95. The van der Waals surface area contributed by atoms with Gasteiger partial charge in [-0.05, 0) is 30.2 Å². The molecule has 0 N–H and O–H groups in total. The number of amides is 1. The maximum absolute atomic E-state index is 12.2. The summed E-state index contributed by atoms with van der Waals surface area (Å²) in [5.74, 6) is 0.582. The van der Waals surface area contributed by atoms with Crippen molar-refractivity contribution in [1.29, 1.82) is 0 Å². The van der Waals surface area contributed by atoms with Crippen LogP contribution in [0.1, 0.15) is 24.1 Å². The fourth-order valence-electron chi connectivity index (χ4n) is 3.02. The first-order valence-electron chi connectivity index (χ1n) is 7.00. The van der Waals surface area contributed by atoms with Crippen LogP contribution in [0, 0.1) is 0 Å². The van der Waals surface area contributed by atoms with Crippen LogP contribution in [0.2, 0.25) is 5.02 Å². The number of fused-ring (bicyclic) bond motifs is 3. The van der Waals surface area contributed by atoms with E-state index in [0.717, 1.165) is 22.0 Å². The van der Waals surface area contributed by atoms with Gasteiger partial charge >= 0.3 is 0 Å². The molecular formula is C16H17ClN2O3. The molecule has 1 aliphatic heterocycles. The molecular weight excluding hydrogens is 304 g/mol. The number of carbonyl (C=O) groups excluding carboxylic acids is 1. The second-order valence-corrected chi connectivity index (χ2v) is 5.74. The number of aromatic nitrogens is 1. The smallest absolute Gasteiger partial charge is 0.249 e. The Kier molecular flexibility index (Phi) is 3.93. The summed E-state index contributed by atoms with van der Waals surface area (Å²) in [6.07, 6.45) is 1.82. The molecule has 0 saturated carbocycles.